The Hall–Kier alpha value is -1.36. The lowest BCUT2D eigenvalue weighted by Crippen LogP contribution is -2.20. The second-order valence-electron chi connectivity index (χ2n) is 4.62. The van der Waals surface area contributed by atoms with E-state index in [-0.39, 0.29) is 6.61 Å². The summed E-state index contributed by atoms with van der Waals surface area (Å²) < 4.78 is 4.82. The van der Waals surface area contributed by atoms with Gasteiger partial charge in [-0.1, -0.05) is 13.3 Å². The van der Waals surface area contributed by atoms with Crippen molar-refractivity contribution in [1.29, 1.82) is 0 Å². The molecule has 0 bridgehead atoms. The Morgan fingerprint density at radius 2 is 2.33 bits per heavy atom. The molecule has 1 atom stereocenters. The fourth-order valence-electron chi connectivity index (χ4n) is 2.26. The number of fused-ring (bicyclic) bond motifs is 1. The Morgan fingerprint density at radius 1 is 1.56 bits per heavy atom. The Kier molecular flexibility index (Phi) is 4.01. The van der Waals surface area contributed by atoms with Crippen LogP contribution in [0.15, 0.2) is 6.07 Å². The lowest BCUT2D eigenvalue weighted by molar-refractivity contribution is -0.121. The number of rotatable bonds is 4. The minimum absolute atomic E-state index is 0.348. The van der Waals surface area contributed by atoms with Gasteiger partial charge in [0.25, 0.3) is 5.91 Å². The third-order valence-corrected chi connectivity index (χ3v) is 4.53. The van der Waals surface area contributed by atoms with Gasteiger partial charge in [0.2, 0.25) is 0 Å². The van der Waals surface area contributed by atoms with E-state index in [9.17, 15) is 9.59 Å². The van der Waals surface area contributed by atoms with E-state index in [1.165, 1.54) is 34.6 Å². The van der Waals surface area contributed by atoms with E-state index in [4.69, 9.17) is 10.5 Å². The maximum absolute atomic E-state index is 11.7. The van der Waals surface area contributed by atoms with E-state index in [2.05, 4.69) is 6.92 Å². The molecule has 1 aliphatic carbocycles. The van der Waals surface area contributed by atoms with Gasteiger partial charge in [0.1, 0.15) is 4.88 Å². The maximum Gasteiger partial charge on any atom is 0.348 e. The van der Waals surface area contributed by atoms with Crippen molar-refractivity contribution < 1.29 is 14.3 Å². The highest BCUT2D eigenvalue weighted by Gasteiger charge is 2.22. The average molecular weight is 267 g/mol. The first-order valence-corrected chi connectivity index (χ1v) is 6.98. The molecule has 0 radical (unpaired) electrons. The number of aryl methyl sites for hydroxylation is 1. The van der Waals surface area contributed by atoms with Gasteiger partial charge in [-0.25, -0.2) is 4.79 Å². The van der Waals surface area contributed by atoms with Crippen LogP contribution in [0.2, 0.25) is 0 Å². The number of hydrogen-bond acceptors (Lipinski definition) is 4. The van der Waals surface area contributed by atoms with Gasteiger partial charge in [0.15, 0.2) is 6.61 Å². The predicted octanol–water partition coefficient (Wildman–Crippen LogP) is 1.91. The van der Waals surface area contributed by atoms with Crippen LogP contribution in [0.1, 0.15) is 39.9 Å². The van der Waals surface area contributed by atoms with Crippen LogP contribution >= 0.6 is 11.3 Å². The van der Waals surface area contributed by atoms with Crippen molar-refractivity contribution in [1.82, 2.24) is 0 Å². The Labute approximate surface area is 110 Å². The molecule has 18 heavy (non-hydrogen) atoms. The smallest absolute Gasteiger partial charge is 0.348 e. The van der Waals surface area contributed by atoms with Gasteiger partial charge >= 0.3 is 5.97 Å². The van der Waals surface area contributed by atoms with Crippen molar-refractivity contribution in [2.75, 3.05) is 6.61 Å². The standard InChI is InChI=1S/C13H17NO3S/c1-2-8-3-4-10-9(5-8)6-11(18-10)13(16)17-7-12(14)15/h6,8H,2-5,7H2,1H3,(H2,14,15). The molecule has 1 aromatic rings. The van der Waals surface area contributed by atoms with Crippen molar-refractivity contribution in [3.63, 3.8) is 0 Å². The van der Waals surface area contributed by atoms with Crippen LogP contribution in [0.5, 0.6) is 0 Å². The van der Waals surface area contributed by atoms with Gasteiger partial charge in [-0.2, -0.15) is 0 Å². The molecule has 2 rings (SSSR count). The van der Waals surface area contributed by atoms with Gasteiger partial charge in [0.05, 0.1) is 0 Å². The number of carbonyl (C=O) groups is 2. The maximum atomic E-state index is 11.7. The average Bonchev–Trinajstić information content (AvgIpc) is 2.78. The van der Waals surface area contributed by atoms with Gasteiger partial charge < -0.3 is 10.5 Å². The van der Waals surface area contributed by atoms with Crippen LogP contribution in [0, 0.1) is 5.92 Å². The summed E-state index contributed by atoms with van der Waals surface area (Å²) in [6.45, 7) is 1.85. The largest absolute Gasteiger partial charge is 0.451 e. The normalized spacial score (nSPS) is 18.2. The van der Waals surface area contributed by atoms with E-state index >= 15 is 0 Å². The fraction of sp³-hybridized carbons (Fsp3) is 0.538. The molecule has 1 aromatic heterocycles. The first-order chi connectivity index (χ1) is 8.60. The van der Waals surface area contributed by atoms with Crippen LogP contribution in [0.25, 0.3) is 0 Å². The molecule has 98 valence electrons. The van der Waals surface area contributed by atoms with Crippen LogP contribution in [-0.2, 0) is 22.4 Å². The minimum atomic E-state index is -0.629. The lowest BCUT2D eigenvalue weighted by Gasteiger charge is -2.19. The zero-order valence-electron chi connectivity index (χ0n) is 10.4. The van der Waals surface area contributed by atoms with Crippen molar-refractivity contribution >= 4 is 23.2 Å². The second kappa shape index (κ2) is 5.52. The van der Waals surface area contributed by atoms with Crippen LogP contribution in [0.3, 0.4) is 0 Å². The molecule has 2 N–H and O–H groups in total. The molecule has 0 fully saturated rings. The third-order valence-electron chi connectivity index (χ3n) is 3.31. The molecule has 0 saturated heterocycles. The lowest BCUT2D eigenvalue weighted by atomic mass is 9.87. The molecule has 0 aliphatic heterocycles. The van der Waals surface area contributed by atoms with E-state index < -0.39 is 11.9 Å². The minimum Gasteiger partial charge on any atom is -0.451 e. The number of carbonyl (C=O) groups excluding carboxylic acids is 2. The molecule has 1 unspecified atom stereocenters. The summed E-state index contributed by atoms with van der Waals surface area (Å²) >= 11 is 1.48. The molecular formula is C13H17NO3S. The van der Waals surface area contributed by atoms with E-state index in [1.807, 2.05) is 6.07 Å². The number of nitrogens with two attached hydrogens (primary N) is 1. The molecule has 1 aliphatic rings. The SMILES string of the molecule is CCC1CCc2sc(C(=O)OCC(N)=O)cc2C1. The van der Waals surface area contributed by atoms with Crippen molar-refractivity contribution in [2.24, 2.45) is 11.7 Å². The molecule has 5 heteroatoms. The Balaban J connectivity index is 2.05. The van der Waals surface area contributed by atoms with Crippen LogP contribution in [-0.4, -0.2) is 18.5 Å². The number of esters is 1. The molecule has 4 nitrogen and oxygen atoms in total. The molecular weight excluding hydrogens is 250 g/mol. The highest BCUT2D eigenvalue weighted by molar-refractivity contribution is 7.14. The fourth-order valence-corrected chi connectivity index (χ4v) is 3.36. The molecule has 0 saturated carbocycles. The first-order valence-electron chi connectivity index (χ1n) is 6.17. The van der Waals surface area contributed by atoms with Gasteiger partial charge in [0, 0.05) is 4.88 Å². The summed E-state index contributed by atoms with van der Waals surface area (Å²) in [4.78, 5) is 24.1. The summed E-state index contributed by atoms with van der Waals surface area (Å²) in [5.41, 5.74) is 6.21. The van der Waals surface area contributed by atoms with Gasteiger partial charge in [-0.15, -0.1) is 11.3 Å². The molecule has 0 spiro atoms. The highest BCUT2D eigenvalue weighted by Crippen LogP contribution is 2.33. The summed E-state index contributed by atoms with van der Waals surface area (Å²) in [5, 5.41) is 0. The summed E-state index contributed by atoms with van der Waals surface area (Å²) in [7, 11) is 0. The first kappa shape index (κ1) is 13.1. The van der Waals surface area contributed by atoms with Crippen LogP contribution < -0.4 is 5.73 Å². The zero-order chi connectivity index (χ0) is 13.1. The third kappa shape index (κ3) is 2.90. The number of thiophene rings is 1. The molecule has 1 amide bonds. The predicted molar refractivity (Wildman–Crippen MR) is 69.6 cm³/mol. The number of ether oxygens (including phenoxy) is 1. The van der Waals surface area contributed by atoms with E-state index in [0.717, 1.165) is 18.8 Å². The van der Waals surface area contributed by atoms with Crippen molar-refractivity contribution in [3.05, 3.63) is 21.4 Å². The summed E-state index contributed by atoms with van der Waals surface area (Å²) in [6, 6.07) is 1.91. The van der Waals surface area contributed by atoms with Crippen molar-refractivity contribution in [2.45, 2.75) is 32.6 Å². The van der Waals surface area contributed by atoms with E-state index in [0.29, 0.717) is 4.88 Å². The highest BCUT2D eigenvalue weighted by atomic mass is 32.1. The van der Waals surface area contributed by atoms with E-state index in [1.54, 1.807) is 0 Å². The molecule has 0 aromatic carbocycles. The Bertz CT molecular complexity index is 467. The molecule has 1 heterocycles. The monoisotopic (exact) mass is 267 g/mol. The topological polar surface area (TPSA) is 69.4 Å². The summed E-state index contributed by atoms with van der Waals surface area (Å²) in [5.74, 6) is -0.349. The Morgan fingerprint density at radius 3 is 3.00 bits per heavy atom. The number of hydrogen-bond donors (Lipinski definition) is 1. The zero-order valence-corrected chi connectivity index (χ0v) is 11.2. The second-order valence-corrected chi connectivity index (χ2v) is 5.76. The number of amides is 1. The van der Waals surface area contributed by atoms with Gasteiger partial charge in [-0.05, 0) is 36.8 Å². The summed E-state index contributed by atoms with van der Waals surface area (Å²) in [6.07, 6.45) is 4.46. The van der Waals surface area contributed by atoms with Crippen molar-refractivity contribution in [3.8, 4) is 0 Å². The quantitative estimate of drug-likeness (QED) is 0.847. The number of primary amides is 1. The van der Waals surface area contributed by atoms with Crippen LogP contribution in [0.4, 0.5) is 0 Å². The van der Waals surface area contributed by atoms with Gasteiger partial charge in [-0.3, -0.25) is 4.79 Å².